The molecular weight excluding hydrogens is 172 g/mol. The van der Waals surface area contributed by atoms with Crippen molar-refractivity contribution < 1.29 is 0 Å². The minimum atomic E-state index is 0.590. The van der Waals surface area contributed by atoms with Gasteiger partial charge in [0.25, 0.3) is 0 Å². The summed E-state index contributed by atoms with van der Waals surface area (Å²) in [6.45, 7) is 8.68. The molecule has 0 amide bonds. The van der Waals surface area contributed by atoms with Crippen molar-refractivity contribution in [2.45, 2.75) is 52.5 Å². The van der Waals surface area contributed by atoms with Crippen LogP contribution >= 0.6 is 0 Å². The van der Waals surface area contributed by atoms with E-state index in [1.165, 1.54) is 50.0 Å². The summed E-state index contributed by atoms with van der Waals surface area (Å²) in [5.41, 5.74) is 8.67. The highest BCUT2D eigenvalue weighted by Crippen LogP contribution is 2.27. The number of piperidine rings is 1. The molecule has 0 aromatic carbocycles. The van der Waals surface area contributed by atoms with Crippen molar-refractivity contribution in [1.29, 1.82) is 0 Å². The first kappa shape index (κ1) is 11.6. The maximum absolute atomic E-state index is 6.07. The van der Waals surface area contributed by atoms with Crippen LogP contribution in [0, 0.1) is 0 Å². The molecule has 1 atom stereocenters. The summed E-state index contributed by atoms with van der Waals surface area (Å²) in [5, 5.41) is 0. The molecule has 0 saturated carbocycles. The van der Waals surface area contributed by atoms with Crippen LogP contribution in [0.4, 0.5) is 0 Å². The number of hydrogen-bond donors (Lipinski definition) is 1. The van der Waals surface area contributed by atoms with E-state index in [1.807, 2.05) is 13.8 Å². The molecule has 2 rings (SSSR count). The molecule has 2 aliphatic rings. The van der Waals surface area contributed by atoms with Gasteiger partial charge in [0.15, 0.2) is 0 Å². The number of nitrogens with zero attached hydrogens (tertiary/aromatic N) is 1. The first-order valence-electron chi connectivity index (χ1n) is 5.98. The second-order valence-corrected chi connectivity index (χ2v) is 4.03. The predicted molar refractivity (Wildman–Crippen MR) is 62.1 cm³/mol. The summed E-state index contributed by atoms with van der Waals surface area (Å²) in [4.78, 5) is 2.55. The number of hydrogen-bond acceptors (Lipinski definition) is 2. The molecule has 2 heterocycles. The molecule has 1 unspecified atom stereocenters. The zero-order chi connectivity index (χ0) is 10.6. The van der Waals surface area contributed by atoms with Crippen molar-refractivity contribution in [3.8, 4) is 0 Å². The quantitative estimate of drug-likeness (QED) is 0.645. The third-order valence-corrected chi connectivity index (χ3v) is 3.24. The van der Waals surface area contributed by atoms with Crippen molar-refractivity contribution in [3.63, 3.8) is 0 Å². The van der Waals surface area contributed by atoms with Gasteiger partial charge >= 0.3 is 0 Å². The van der Waals surface area contributed by atoms with Crippen LogP contribution in [0.3, 0.4) is 0 Å². The Kier molecular flexibility index (Phi) is 4.46. The van der Waals surface area contributed by atoms with Gasteiger partial charge in [0.1, 0.15) is 0 Å². The molecule has 0 aliphatic carbocycles. The van der Waals surface area contributed by atoms with Crippen molar-refractivity contribution in [2.75, 3.05) is 13.1 Å². The molecular formula is C12H24N2. The smallest absolute Gasteiger partial charge is 0.0492 e. The van der Waals surface area contributed by atoms with E-state index < -0.39 is 0 Å². The van der Waals surface area contributed by atoms with Gasteiger partial charge in [-0.2, -0.15) is 0 Å². The summed E-state index contributed by atoms with van der Waals surface area (Å²) in [6, 6.07) is 0.590. The Morgan fingerprint density at radius 3 is 2.64 bits per heavy atom. The van der Waals surface area contributed by atoms with E-state index >= 15 is 0 Å². The van der Waals surface area contributed by atoms with E-state index in [0.717, 1.165) is 0 Å². The third-order valence-electron chi connectivity index (χ3n) is 3.24. The van der Waals surface area contributed by atoms with E-state index in [1.54, 1.807) is 0 Å². The monoisotopic (exact) mass is 196 g/mol. The van der Waals surface area contributed by atoms with Gasteiger partial charge in [0.05, 0.1) is 0 Å². The zero-order valence-corrected chi connectivity index (χ0v) is 9.84. The fourth-order valence-electron chi connectivity index (χ4n) is 2.35. The van der Waals surface area contributed by atoms with Crippen LogP contribution in [0.25, 0.3) is 0 Å². The van der Waals surface area contributed by atoms with Crippen molar-refractivity contribution in [3.05, 3.63) is 11.3 Å². The van der Waals surface area contributed by atoms with E-state index in [2.05, 4.69) is 11.8 Å². The molecule has 2 heteroatoms. The molecule has 0 aromatic heterocycles. The van der Waals surface area contributed by atoms with Gasteiger partial charge in [-0.3, -0.25) is 4.90 Å². The first-order valence-corrected chi connectivity index (χ1v) is 5.98. The summed E-state index contributed by atoms with van der Waals surface area (Å²) >= 11 is 0. The molecule has 1 fully saturated rings. The fraction of sp³-hybridized carbons (Fsp3) is 0.833. The Labute approximate surface area is 88.2 Å². The third kappa shape index (κ3) is 2.30. The van der Waals surface area contributed by atoms with Crippen molar-refractivity contribution >= 4 is 0 Å². The maximum Gasteiger partial charge on any atom is 0.0492 e. The molecule has 0 aromatic rings. The lowest BCUT2D eigenvalue weighted by atomic mass is 9.92. The topological polar surface area (TPSA) is 29.3 Å². The fourth-order valence-corrected chi connectivity index (χ4v) is 2.35. The molecule has 14 heavy (non-hydrogen) atoms. The van der Waals surface area contributed by atoms with Crippen LogP contribution < -0.4 is 5.73 Å². The number of fused-ring (bicyclic) bond motifs is 1. The standard InChI is InChI=1S/C10H18N2.C2H6/c1-8-5-7-12-6-3-2-4-9(12)10(8)11;1-2/h9H,2-7,11H2,1H3;1-2H3. The highest BCUT2D eigenvalue weighted by Gasteiger charge is 2.28. The highest BCUT2D eigenvalue weighted by atomic mass is 15.2. The summed E-state index contributed by atoms with van der Waals surface area (Å²) < 4.78 is 0. The Morgan fingerprint density at radius 2 is 1.93 bits per heavy atom. The van der Waals surface area contributed by atoms with Crippen LogP contribution in [-0.2, 0) is 0 Å². The lowest BCUT2D eigenvalue weighted by Gasteiger charge is -2.40. The second kappa shape index (κ2) is 5.40. The molecule has 0 bridgehead atoms. The Hall–Kier alpha value is -0.500. The average Bonchev–Trinajstić information content (AvgIpc) is 2.27. The summed E-state index contributed by atoms with van der Waals surface area (Å²) in [5.74, 6) is 0. The molecule has 2 N–H and O–H groups in total. The van der Waals surface area contributed by atoms with Crippen LogP contribution in [0.2, 0.25) is 0 Å². The van der Waals surface area contributed by atoms with Gasteiger partial charge in [0, 0.05) is 18.3 Å². The van der Waals surface area contributed by atoms with Crippen LogP contribution in [0.15, 0.2) is 11.3 Å². The summed E-state index contributed by atoms with van der Waals surface area (Å²) in [6.07, 6.45) is 5.18. The number of nitrogens with two attached hydrogens (primary N) is 1. The van der Waals surface area contributed by atoms with Crippen molar-refractivity contribution in [2.24, 2.45) is 5.73 Å². The average molecular weight is 196 g/mol. The molecule has 1 saturated heterocycles. The lowest BCUT2D eigenvalue weighted by molar-refractivity contribution is 0.160. The van der Waals surface area contributed by atoms with Crippen molar-refractivity contribution in [1.82, 2.24) is 4.90 Å². The SMILES string of the molecule is CC.CC1=C(N)C2CCCCN2CC1. The second-order valence-electron chi connectivity index (χ2n) is 4.03. The largest absolute Gasteiger partial charge is 0.401 e. The molecule has 0 spiro atoms. The van der Waals surface area contributed by atoms with Gasteiger partial charge in [-0.25, -0.2) is 0 Å². The van der Waals surface area contributed by atoms with Gasteiger partial charge in [-0.15, -0.1) is 0 Å². The lowest BCUT2D eigenvalue weighted by Crippen LogP contribution is -2.46. The zero-order valence-electron chi connectivity index (χ0n) is 9.84. The predicted octanol–water partition coefficient (Wildman–Crippen LogP) is 2.50. The molecule has 82 valence electrons. The molecule has 2 nitrogen and oxygen atoms in total. The minimum absolute atomic E-state index is 0.590. The molecule has 2 aliphatic heterocycles. The van der Waals surface area contributed by atoms with E-state index in [-0.39, 0.29) is 0 Å². The Bertz CT molecular complexity index is 208. The highest BCUT2D eigenvalue weighted by molar-refractivity contribution is 5.19. The van der Waals surface area contributed by atoms with Gasteiger partial charge in [-0.1, -0.05) is 25.8 Å². The normalized spacial score (nSPS) is 27.8. The van der Waals surface area contributed by atoms with Crippen LogP contribution in [0.1, 0.15) is 46.5 Å². The van der Waals surface area contributed by atoms with Crippen LogP contribution in [-0.4, -0.2) is 24.0 Å². The van der Waals surface area contributed by atoms with E-state index in [9.17, 15) is 0 Å². The first-order chi connectivity index (χ1) is 6.79. The minimum Gasteiger partial charge on any atom is -0.401 e. The molecule has 0 radical (unpaired) electrons. The van der Waals surface area contributed by atoms with Gasteiger partial charge in [-0.05, 0) is 32.7 Å². The van der Waals surface area contributed by atoms with Crippen LogP contribution in [0.5, 0.6) is 0 Å². The maximum atomic E-state index is 6.07. The Morgan fingerprint density at radius 1 is 1.21 bits per heavy atom. The Balaban J connectivity index is 0.000000461. The van der Waals surface area contributed by atoms with E-state index in [4.69, 9.17) is 5.73 Å². The van der Waals surface area contributed by atoms with Gasteiger partial charge in [0.2, 0.25) is 0 Å². The van der Waals surface area contributed by atoms with Gasteiger partial charge < -0.3 is 5.73 Å². The summed E-state index contributed by atoms with van der Waals surface area (Å²) in [7, 11) is 0. The number of rotatable bonds is 0. The van der Waals surface area contributed by atoms with E-state index in [0.29, 0.717) is 6.04 Å².